The van der Waals surface area contributed by atoms with Crippen LogP contribution in [0.3, 0.4) is 0 Å². The van der Waals surface area contributed by atoms with Crippen LogP contribution in [-0.4, -0.2) is 32.5 Å². The van der Waals surface area contributed by atoms with Crippen LogP contribution >= 0.6 is 11.8 Å². The van der Waals surface area contributed by atoms with Crippen LogP contribution in [0.4, 0.5) is 5.69 Å². The van der Waals surface area contributed by atoms with E-state index in [-0.39, 0.29) is 18.1 Å². The molecular weight excluding hydrogens is 256 g/mol. The Hall–Kier alpha value is -2.02. The SMILES string of the molecule is O=C(O)C[C@H]1SC(=Nc2cccc(O)c2)NC1=O. The van der Waals surface area contributed by atoms with Crippen molar-refractivity contribution < 1.29 is 19.8 Å². The molecule has 0 spiro atoms. The number of aliphatic imine (C=N–C) groups is 1. The molecule has 2 rings (SSSR count). The number of phenolic OH excluding ortho intramolecular Hbond substituents is 1. The number of aromatic hydroxyl groups is 1. The first-order valence-electron chi connectivity index (χ1n) is 5.11. The van der Waals surface area contributed by atoms with Gasteiger partial charge in [0.1, 0.15) is 11.0 Å². The van der Waals surface area contributed by atoms with Gasteiger partial charge in [0.05, 0.1) is 12.1 Å². The fourth-order valence-electron chi connectivity index (χ4n) is 1.43. The van der Waals surface area contributed by atoms with Crippen LogP contribution in [0.1, 0.15) is 6.42 Å². The standard InChI is InChI=1S/C11H10N2O4S/c14-7-3-1-2-6(4-7)12-11-13-10(17)8(18-11)5-9(15)16/h1-4,8,14H,5H2,(H,15,16)(H,12,13,17)/t8-/m1/s1. The summed E-state index contributed by atoms with van der Waals surface area (Å²) in [6.45, 7) is 0. The molecule has 6 nitrogen and oxygen atoms in total. The van der Waals surface area contributed by atoms with Crippen molar-refractivity contribution in [1.82, 2.24) is 5.32 Å². The maximum absolute atomic E-state index is 11.5. The molecule has 0 aromatic heterocycles. The van der Waals surface area contributed by atoms with E-state index >= 15 is 0 Å². The minimum absolute atomic E-state index is 0.0771. The third-order valence-electron chi connectivity index (χ3n) is 2.20. The molecule has 1 aliphatic rings. The van der Waals surface area contributed by atoms with Crippen LogP contribution in [0, 0.1) is 0 Å². The van der Waals surface area contributed by atoms with E-state index in [1.807, 2.05) is 0 Å². The predicted octanol–water partition coefficient (Wildman–Crippen LogP) is 1.09. The number of aliphatic carboxylic acids is 1. The van der Waals surface area contributed by atoms with Gasteiger partial charge in [-0.15, -0.1) is 0 Å². The second kappa shape index (κ2) is 5.09. The van der Waals surface area contributed by atoms with Gasteiger partial charge in [0.15, 0.2) is 5.17 Å². The number of nitrogens with one attached hydrogen (secondary N) is 1. The van der Waals surface area contributed by atoms with E-state index in [9.17, 15) is 14.7 Å². The third kappa shape index (κ3) is 3.01. The van der Waals surface area contributed by atoms with Gasteiger partial charge in [-0.25, -0.2) is 4.99 Å². The van der Waals surface area contributed by atoms with Gasteiger partial charge in [0.2, 0.25) is 5.91 Å². The molecule has 0 unspecified atom stereocenters. The number of thioether (sulfide) groups is 1. The normalized spacial score (nSPS) is 21.0. The molecule has 7 heteroatoms. The molecule has 1 heterocycles. The summed E-state index contributed by atoms with van der Waals surface area (Å²) < 4.78 is 0. The molecule has 0 aliphatic carbocycles. The molecule has 1 aliphatic heterocycles. The summed E-state index contributed by atoms with van der Waals surface area (Å²) >= 11 is 1.07. The average molecular weight is 266 g/mol. The van der Waals surface area contributed by atoms with Crippen molar-refractivity contribution in [2.24, 2.45) is 4.99 Å². The Morgan fingerprint density at radius 1 is 1.50 bits per heavy atom. The molecule has 1 atom stereocenters. The largest absolute Gasteiger partial charge is 0.508 e. The number of rotatable bonds is 3. The molecule has 0 saturated carbocycles. The summed E-state index contributed by atoms with van der Waals surface area (Å²) in [6, 6.07) is 6.26. The van der Waals surface area contributed by atoms with Crippen LogP contribution in [0.2, 0.25) is 0 Å². The number of phenols is 1. The van der Waals surface area contributed by atoms with E-state index in [0.717, 1.165) is 11.8 Å². The molecule has 1 saturated heterocycles. The highest BCUT2D eigenvalue weighted by Crippen LogP contribution is 2.26. The summed E-state index contributed by atoms with van der Waals surface area (Å²) in [6.07, 6.45) is -0.241. The second-order valence-electron chi connectivity index (χ2n) is 3.63. The fourth-order valence-corrected chi connectivity index (χ4v) is 2.41. The zero-order valence-corrected chi connectivity index (χ0v) is 9.98. The van der Waals surface area contributed by atoms with Gasteiger partial charge < -0.3 is 15.5 Å². The molecule has 1 amide bonds. The molecule has 1 fully saturated rings. The molecule has 18 heavy (non-hydrogen) atoms. The van der Waals surface area contributed by atoms with Crippen molar-refractivity contribution in [1.29, 1.82) is 0 Å². The van der Waals surface area contributed by atoms with Crippen LogP contribution in [0.25, 0.3) is 0 Å². The lowest BCUT2D eigenvalue weighted by molar-refractivity contribution is -0.138. The summed E-state index contributed by atoms with van der Waals surface area (Å²) in [5, 5.41) is 20.1. The topological polar surface area (TPSA) is 99.0 Å². The number of carbonyl (C=O) groups is 2. The molecule has 1 aromatic rings. The van der Waals surface area contributed by atoms with Gasteiger partial charge in [-0.05, 0) is 12.1 Å². The van der Waals surface area contributed by atoms with E-state index < -0.39 is 11.2 Å². The zero-order chi connectivity index (χ0) is 13.1. The first-order valence-corrected chi connectivity index (χ1v) is 5.99. The second-order valence-corrected chi connectivity index (χ2v) is 4.82. The molecule has 3 N–H and O–H groups in total. The van der Waals surface area contributed by atoms with Crippen LogP contribution in [0.15, 0.2) is 29.3 Å². The maximum Gasteiger partial charge on any atom is 0.305 e. The summed E-state index contributed by atoms with van der Waals surface area (Å²) in [4.78, 5) is 26.1. The Morgan fingerprint density at radius 2 is 2.28 bits per heavy atom. The van der Waals surface area contributed by atoms with Crippen molar-refractivity contribution in [3.8, 4) is 5.75 Å². The smallest absolute Gasteiger partial charge is 0.305 e. The number of amides is 1. The molecule has 0 radical (unpaired) electrons. The Balaban J connectivity index is 2.12. The van der Waals surface area contributed by atoms with E-state index in [1.54, 1.807) is 12.1 Å². The minimum Gasteiger partial charge on any atom is -0.508 e. The quantitative estimate of drug-likeness (QED) is 0.760. The van der Waals surface area contributed by atoms with Crippen molar-refractivity contribution in [2.45, 2.75) is 11.7 Å². The van der Waals surface area contributed by atoms with Crippen molar-refractivity contribution >= 4 is 34.5 Å². The van der Waals surface area contributed by atoms with Crippen LogP contribution < -0.4 is 5.32 Å². The average Bonchev–Trinajstić information content (AvgIpc) is 2.58. The lowest BCUT2D eigenvalue weighted by atomic mass is 10.3. The van der Waals surface area contributed by atoms with Gasteiger partial charge in [-0.3, -0.25) is 9.59 Å². The van der Waals surface area contributed by atoms with Crippen LogP contribution in [-0.2, 0) is 9.59 Å². The highest BCUT2D eigenvalue weighted by Gasteiger charge is 2.31. The maximum atomic E-state index is 11.5. The lowest BCUT2D eigenvalue weighted by Gasteiger charge is -1.98. The van der Waals surface area contributed by atoms with Gasteiger partial charge >= 0.3 is 5.97 Å². The monoisotopic (exact) mass is 266 g/mol. The molecule has 1 aromatic carbocycles. The van der Waals surface area contributed by atoms with E-state index in [2.05, 4.69) is 10.3 Å². The number of carboxylic acids is 1. The van der Waals surface area contributed by atoms with Crippen molar-refractivity contribution in [3.05, 3.63) is 24.3 Å². The number of nitrogens with zero attached hydrogens (tertiary/aromatic N) is 1. The van der Waals surface area contributed by atoms with E-state index in [0.29, 0.717) is 10.9 Å². The summed E-state index contributed by atoms with van der Waals surface area (Å²) in [5.74, 6) is -1.31. The number of carboxylic acid groups (broad SMARTS) is 1. The Morgan fingerprint density at radius 3 is 2.94 bits per heavy atom. The number of amidine groups is 1. The Bertz CT molecular complexity index is 530. The summed E-state index contributed by atoms with van der Waals surface area (Å²) in [7, 11) is 0. The molecule has 0 bridgehead atoms. The van der Waals surface area contributed by atoms with E-state index in [1.165, 1.54) is 12.1 Å². The van der Waals surface area contributed by atoms with Gasteiger partial charge in [-0.1, -0.05) is 17.8 Å². The highest BCUT2D eigenvalue weighted by molar-refractivity contribution is 8.15. The number of hydrogen-bond acceptors (Lipinski definition) is 5. The first kappa shape index (κ1) is 12.4. The van der Waals surface area contributed by atoms with Gasteiger partial charge in [0, 0.05) is 6.07 Å². The van der Waals surface area contributed by atoms with E-state index in [4.69, 9.17) is 5.11 Å². The zero-order valence-electron chi connectivity index (χ0n) is 9.16. The third-order valence-corrected chi connectivity index (χ3v) is 3.28. The minimum atomic E-state index is -1.03. The highest BCUT2D eigenvalue weighted by atomic mass is 32.2. The van der Waals surface area contributed by atoms with Gasteiger partial charge in [-0.2, -0.15) is 0 Å². The fraction of sp³-hybridized carbons (Fsp3) is 0.182. The number of carbonyl (C=O) groups excluding carboxylic acids is 1. The van der Waals surface area contributed by atoms with Crippen molar-refractivity contribution in [2.75, 3.05) is 0 Å². The number of benzene rings is 1. The van der Waals surface area contributed by atoms with Crippen molar-refractivity contribution in [3.63, 3.8) is 0 Å². The predicted molar refractivity (Wildman–Crippen MR) is 67.0 cm³/mol. The molecular formula is C11H10N2O4S. The first-order chi connectivity index (χ1) is 8.54. The lowest BCUT2D eigenvalue weighted by Crippen LogP contribution is -2.26. The van der Waals surface area contributed by atoms with Crippen LogP contribution in [0.5, 0.6) is 5.75 Å². The summed E-state index contributed by atoms with van der Waals surface area (Å²) in [5.41, 5.74) is 0.494. The Kier molecular flexibility index (Phi) is 3.52. The molecule has 94 valence electrons. The van der Waals surface area contributed by atoms with Gasteiger partial charge in [0.25, 0.3) is 0 Å². The number of hydrogen-bond donors (Lipinski definition) is 3. The Labute approximate surface area is 107 Å².